The number of nitrogens with two attached hydrogens (primary N) is 1. The third-order valence-corrected chi connectivity index (χ3v) is 3.29. The molecule has 0 amide bonds. The SMILES string of the molecule is CCCN1CCCCC1CC(N)C(=O)OC. The zero-order valence-corrected chi connectivity index (χ0v) is 10.4. The molecule has 1 saturated heterocycles. The van der Waals surface area contributed by atoms with Crippen molar-refractivity contribution in [2.75, 3.05) is 20.2 Å². The topological polar surface area (TPSA) is 55.6 Å². The summed E-state index contributed by atoms with van der Waals surface area (Å²) in [6, 6.07) is -0.00439. The van der Waals surface area contributed by atoms with Crippen LogP contribution < -0.4 is 5.73 Å². The third kappa shape index (κ3) is 3.76. The van der Waals surface area contributed by atoms with Crippen LogP contribution in [0.2, 0.25) is 0 Å². The number of piperidine rings is 1. The van der Waals surface area contributed by atoms with Crippen molar-refractivity contribution in [3.8, 4) is 0 Å². The lowest BCUT2D eigenvalue weighted by atomic mass is 9.96. The summed E-state index contributed by atoms with van der Waals surface area (Å²) >= 11 is 0. The fraction of sp³-hybridized carbons (Fsp3) is 0.917. The molecule has 0 aromatic heterocycles. The minimum atomic E-state index is -0.465. The number of carbonyl (C=O) groups is 1. The number of rotatable bonds is 5. The molecule has 4 nitrogen and oxygen atoms in total. The molecule has 1 rings (SSSR count). The van der Waals surface area contributed by atoms with Crippen LogP contribution in [0.4, 0.5) is 0 Å². The Bertz CT molecular complexity index is 219. The molecule has 1 fully saturated rings. The van der Waals surface area contributed by atoms with Crippen LogP contribution >= 0.6 is 0 Å². The van der Waals surface area contributed by atoms with Crippen LogP contribution in [0.5, 0.6) is 0 Å². The van der Waals surface area contributed by atoms with E-state index < -0.39 is 6.04 Å². The molecule has 0 saturated carbocycles. The third-order valence-electron chi connectivity index (χ3n) is 3.29. The fourth-order valence-electron chi connectivity index (χ4n) is 2.45. The Morgan fingerprint density at radius 3 is 2.94 bits per heavy atom. The molecule has 94 valence electrons. The van der Waals surface area contributed by atoms with E-state index in [2.05, 4.69) is 16.6 Å². The van der Waals surface area contributed by atoms with Crippen molar-refractivity contribution in [1.29, 1.82) is 0 Å². The van der Waals surface area contributed by atoms with Crippen molar-refractivity contribution in [3.05, 3.63) is 0 Å². The first-order valence-electron chi connectivity index (χ1n) is 6.26. The van der Waals surface area contributed by atoms with Gasteiger partial charge >= 0.3 is 5.97 Å². The molecule has 2 N–H and O–H groups in total. The summed E-state index contributed by atoms with van der Waals surface area (Å²) in [5.74, 6) is -0.290. The predicted octanol–water partition coefficient (Wildman–Crippen LogP) is 1.14. The van der Waals surface area contributed by atoms with Gasteiger partial charge in [0.05, 0.1) is 7.11 Å². The van der Waals surface area contributed by atoms with Crippen LogP contribution in [0.15, 0.2) is 0 Å². The first-order chi connectivity index (χ1) is 7.69. The van der Waals surface area contributed by atoms with Gasteiger partial charge in [-0.3, -0.25) is 4.79 Å². The Balaban J connectivity index is 2.45. The molecule has 0 aliphatic carbocycles. The summed E-state index contributed by atoms with van der Waals surface area (Å²) in [7, 11) is 1.40. The van der Waals surface area contributed by atoms with Gasteiger partial charge in [0.1, 0.15) is 6.04 Å². The quantitative estimate of drug-likeness (QED) is 0.717. The highest BCUT2D eigenvalue weighted by Gasteiger charge is 2.26. The molecular formula is C12H24N2O2. The van der Waals surface area contributed by atoms with E-state index in [4.69, 9.17) is 5.73 Å². The molecule has 0 aromatic rings. The van der Waals surface area contributed by atoms with Crippen molar-refractivity contribution in [1.82, 2.24) is 4.90 Å². The standard InChI is InChI=1S/C12H24N2O2/c1-3-7-14-8-5-4-6-10(14)9-11(13)12(15)16-2/h10-11H,3-9,13H2,1-2H3. The number of esters is 1. The molecule has 4 heteroatoms. The van der Waals surface area contributed by atoms with Gasteiger partial charge < -0.3 is 15.4 Å². The molecule has 1 heterocycles. The van der Waals surface area contributed by atoms with Gasteiger partial charge in [-0.05, 0) is 38.8 Å². The number of hydrogen-bond acceptors (Lipinski definition) is 4. The van der Waals surface area contributed by atoms with Crippen molar-refractivity contribution in [2.24, 2.45) is 5.73 Å². The van der Waals surface area contributed by atoms with Crippen LogP contribution in [0.25, 0.3) is 0 Å². The van der Waals surface area contributed by atoms with E-state index >= 15 is 0 Å². The molecule has 1 aliphatic rings. The lowest BCUT2D eigenvalue weighted by molar-refractivity contribution is -0.142. The van der Waals surface area contributed by atoms with Gasteiger partial charge in [0.2, 0.25) is 0 Å². The minimum absolute atomic E-state index is 0.290. The van der Waals surface area contributed by atoms with Crippen molar-refractivity contribution in [3.63, 3.8) is 0 Å². The zero-order valence-electron chi connectivity index (χ0n) is 10.4. The molecule has 0 radical (unpaired) electrons. The highest BCUT2D eigenvalue weighted by molar-refractivity contribution is 5.75. The average molecular weight is 228 g/mol. The Morgan fingerprint density at radius 1 is 1.56 bits per heavy atom. The van der Waals surface area contributed by atoms with Gasteiger partial charge in [-0.1, -0.05) is 13.3 Å². The number of carbonyl (C=O) groups excluding carboxylic acids is 1. The van der Waals surface area contributed by atoms with E-state index in [-0.39, 0.29) is 5.97 Å². The van der Waals surface area contributed by atoms with E-state index in [1.165, 1.54) is 20.0 Å². The summed E-state index contributed by atoms with van der Waals surface area (Å²) in [6.07, 6.45) is 5.56. The number of ether oxygens (including phenoxy) is 1. The second-order valence-electron chi connectivity index (χ2n) is 4.55. The van der Waals surface area contributed by atoms with Gasteiger partial charge in [-0.25, -0.2) is 0 Å². The summed E-state index contributed by atoms with van der Waals surface area (Å²) in [5.41, 5.74) is 5.82. The van der Waals surface area contributed by atoms with Crippen molar-refractivity contribution < 1.29 is 9.53 Å². The van der Waals surface area contributed by atoms with Crippen LogP contribution in [-0.2, 0) is 9.53 Å². The Morgan fingerprint density at radius 2 is 2.31 bits per heavy atom. The zero-order chi connectivity index (χ0) is 12.0. The number of methoxy groups -OCH3 is 1. The lowest BCUT2D eigenvalue weighted by Gasteiger charge is -2.36. The van der Waals surface area contributed by atoms with Crippen LogP contribution in [0, 0.1) is 0 Å². The van der Waals surface area contributed by atoms with E-state index in [0.717, 1.165) is 32.4 Å². The molecule has 2 atom stereocenters. The normalized spacial score (nSPS) is 24.1. The molecule has 2 unspecified atom stereocenters. The van der Waals surface area contributed by atoms with Crippen LogP contribution in [0.1, 0.15) is 39.0 Å². The first-order valence-corrected chi connectivity index (χ1v) is 6.26. The Hall–Kier alpha value is -0.610. The van der Waals surface area contributed by atoms with Crippen LogP contribution in [-0.4, -0.2) is 43.2 Å². The molecule has 16 heavy (non-hydrogen) atoms. The predicted molar refractivity (Wildman–Crippen MR) is 64.1 cm³/mol. The van der Waals surface area contributed by atoms with Crippen LogP contribution in [0.3, 0.4) is 0 Å². The smallest absolute Gasteiger partial charge is 0.322 e. The molecule has 0 spiro atoms. The van der Waals surface area contributed by atoms with Gasteiger partial charge in [0.25, 0.3) is 0 Å². The maximum absolute atomic E-state index is 11.3. The molecule has 1 aliphatic heterocycles. The molecule has 0 bridgehead atoms. The first kappa shape index (κ1) is 13.5. The molecule has 0 aromatic carbocycles. The fourth-order valence-corrected chi connectivity index (χ4v) is 2.45. The monoisotopic (exact) mass is 228 g/mol. The lowest BCUT2D eigenvalue weighted by Crippen LogP contribution is -2.45. The van der Waals surface area contributed by atoms with Crippen molar-refractivity contribution >= 4 is 5.97 Å². The van der Waals surface area contributed by atoms with E-state index in [9.17, 15) is 4.79 Å². The largest absolute Gasteiger partial charge is 0.468 e. The molecular weight excluding hydrogens is 204 g/mol. The highest BCUT2D eigenvalue weighted by atomic mass is 16.5. The summed E-state index contributed by atoms with van der Waals surface area (Å²) < 4.78 is 4.67. The maximum Gasteiger partial charge on any atom is 0.322 e. The van der Waals surface area contributed by atoms with Gasteiger partial charge in [-0.15, -0.1) is 0 Å². The highest BCUT2D eigenvalue weighted by Crippen LogP contribution is 2.20. The van der Waals surface area contributed by atoms with Gasteiger partial charge in [0.15, 0.2) is 0 Å². The summed E-state index contributed by atoms with van der Waals surface area (Å²) in [5, 5.41) is 0. The van der Waals surface area contributed by atoms with E-state index in [1.807, 2.05) is 0 Å². The Labute approximate surface area is 98.1 Å². The maximum atomic E-state index is 11.3. The number of hydrogen-bond donors (Lipinski definition) is 1. The Kier molecular flexibility index (Phi) is 5.77. The van der Waals surface area contributed by atoms with Gasteiger partial charge in [-0.2, -0.15) is 0 Å². The summed E-state index contributed by atoms with van der Waals surface area (Å²) in [4.78, 5) is 13.7. The van der Waals surface area contributed by atoms with E-state index in [0.29, 0.717) is 6.04 Å². The number of nitrogens with zero attached hydrogens (tertiary/aromatic N) is 1. The second kappa shape index (κ2) is 6.86. The minimum Gasteiger partial charge on any atom is -0.468 e. The summed E-state index contributed by atoms with van der Waals surface area (Å²) in [6.45, 7) is 4.44. The van der Waals surface area contributed by atoms with E-state index in [1.54, 1.807) is 0 Å². The van der Waals surface area contributed by atoms with Gasteiger partial charge in [0, 0.05) is 6.04 Å². The number of likely N-dealkylation sites (tertiary alicyclic amines) is 1. The average Bonchev–Trinajstić information content (AvgIpc) is 2.31. The second-order valence-corrected chi connectivity index (χ2v) is 4.55. The van der Waals surface area contributed by atoms with Crippen molar-refractivity contribution in [2.45, 2.75) is 51.1 Å².